The zero-order chi connectivity index (χ0) is 13.7. The number of hydroxylamine groups is 1. The summed E-state index contributed by atoms with van der Waals surface area (Å²) in [5, 5.41) is 0. The van der Waals surface area contributed by atoms with Crippen molar-refractivity contribution in [3.05, 3.63) is 22.2 Å². The minimum Gasteiger partial charge on any atom is -0.493 e. The minimum absolute atomic E-state index is 0.364. The molecule has 1 saturated carbocycles. The van der Waals surface area contributed by atoms with E-state index in [1.54, 1.807) is 14.2 Å². The summed E-state index contributed by atoms with van der Waals surface area (Å²) < 4.78 is 11.5. The Bertz CT molecular complexity index is 419. The molecule has 106 valence electrons. The second-order valence-electron chi connectivity index (χ2n) is 4.66. The molecule has 19 heavy (non-hydrogen) atoms. The van der Waals surface area contributed by atoms with Crippen LogP contribution >= 0.6 is 15.9 Å². The first kappa shape index (κ1) is 14.6. The zero-order valence-corrected chi connectivity index (χ0v) is 13.0. The van der Waals surface area contributed by atoms with E-state index in [-0.39, 0.29) is 0 Å². The number of halogens is 1. The lowest BCUT2D eigenvalue weighted by atomic mass is 10.2. The van der Waals surface area contributed by atoms with Crippen LogP contribution in [0.4, 0.5) is 0 Å². The smallest absolute Gasteiger partial charge is 0.174 e. The average molecular weight is 330 g/mol. The normalized spacial score (nSPS) is 15.7. The van der Waals surface area contributed by atoms with Gasteiger partial charge >= 0.3 is 0 Å². The van der Waals surface area contributed by atoms with Gasteiger partial charge in [-0.05, 0) is 46.5 Å². The van der Waals surface area contributed by atoms with Crippen LogP contribution < -0.4 is 15.0 Å². The number of ether oxygens (including phenoxy) is 2. The van der Waals surface area contributed by atoms with Crippen molar-refractivity contribution in [3.8, 4) is 11.5 Å². The van der Waals surface area contributed by atoms with E-state index < -0.39 is 0 Å². The van der Waals surface area contributed by atoms with Crippen molar-refractivity contribution < 1.29 is 14.3 Å². The van der Waals surface area contributed by atoms with Crippen LogP contribution in [0.15, 0.2) is 16.6 Å². The van der Waals surface area contributed by atoms with E-state index in [9.17, 15) is 0 Å². The first-order valence-corrected chi connectivity index (χ1v) is 7.32. The molecule has 0 aromatic heterocycles. The Labute approximate surface area is 122 Å². The number of benzene rings is 1. The van der Waals surface area contributed by atoms with Crippen molar-refractivity contribution in [1.29, 1.82) is 0 Å². The van der Waals surface area contributed by atoms with Crippen molar-refractivity contribution in [2.75, 3.05) is 14.2 Å². The summed E-state index contributed by atoms with van der Waals surface area (Å²) in [7, 11) is 3.26. The Morgan fingerprint density at radius 1 is 1.21 bits per heavy atom. The van der Waals surface area contributed by atoms with Crippen LogP contribution in [0.2, 0.25) is 0 Å². The Kier molecular flexibility index (Phi) is 5.48. The second kappa shape index (κ2) is 7.12. The summed E-state index contributed by atoms with van der Waals surface area (Å²) in [5.74, 6) is 1.43. The molecule has 0 aliphatic heterocycles. The van der Waals surface area contributed by atoms with Gasteiger partial charge in [0.05, 0.1) is 24.8 Å². The van der Waals surface area contributed by atoms with Gasteiger partial charge in [-0.2, -0.15) is 5.48 Å². The van der Waals surface area contributed by atoms with Crippen molar-refractivity contribution >= 4 is 15.9 Å². The number of hydrogen-bond acceptors (Lipinski definition) is 4. The molecule has 1 N–H and O–H groups in total. The van der Waals surface area contributed by atoms with Gasteiger partial charge in [-0.1, -0.05) is 12.8 Å². The third-order valence-electron chi connectivity index (χ3n) is 3.32. The fourth-order valence-electron chi connectivity index (χ4n) is 2.32. The highest BCUT2D eigenvalue weighted by Crippen LogP contribution is 2.36. The van der Waals surface area contributed by atoms with E-state index in [4.69, 9.17) is 14.3 Å². The first-order valence-electron chi connectivity index (χ1n) is 6.53. The highest BCUT2D eigenvalue weighted by molar-refractivity contribution is 9.10. The summed E-state index contributed by atoms with van der Waals surface area (Å²) in [5.41, 5.74) is 4.13. The monoisotopic (exact) mass is 329 g/mol. The summed E-state index contributed by atoms with van der Waals surface area (Å²) >= 11 is 3.48. The van der Waals surface area contributed by atoms with E-state index in [1.165, 1.54) is 12.8 Å². The molecule has 1 aliphatic carbocycles. The number of nitrogens with one attached hydrogen (secondary N) is 1. The quantitative estimate of drug-likeness (QED) is 0.811. The van der Waals surface area contributed by atoms with Gasteiger partial charge in [0.2, 0.25) is 0 Å². The van der Waals surface area contributed by atoms with Crippen molar-refractivity contribution in [1.82, 2.24) is 5.48 Å². The summed E-state index contributed by atoms with van der Waals surface area (Å²) in [6.45, 7) is 0.648. The molecule has 0 spiro atoms. The maximum absolute atomic E-state index is 5.64. The summed E-state index contributed by atoms with van der Waals surface area (Å²) in [6.07, 6.45) is 5.22. The van der Waals surface area contributed by atoms with Crippen LogP contribution in [-0.2, 0) is 11.4 Å². The molecule has 0 unspecified atom stereocenters. The van der Waals surface area contributed by atoms with Crippen LogP contribution in [0.3, 0.4) is 0 Å². The summed E-state index contributed by atoms with van der Waals surface area (Å²) in [6, 6.07) is 3.96. The molecule has 1 fully saturated rings. The van der Waals surface area contributed by atoms with Crippen LogP contribution in [-0.4, -0.2) is 20.3 Å². The van der Waals surface area contributed by atoms with Gasteiger partial charge in [-0.15, -0.1) is 0 Å². The standard InChI is InChI=1S/C14H20BrNO3/c1-17-13-8-10(7-12(15)14(13)18-2)9-16-19-11-5-3-4-6-11/h7-8,11,16H,3-6,9H2,1-2H3. The highest BCUT2D eigenvalue weighted by atomic mass is 79.9. The van der Waals surface area contributed by atoms with Gasteiger partial charge in [0.25, 0.3) is 0 Å². The van der Waals surface area contributed by atoms with Gasteiger partial charge in [0, 0.05) is 6.54 Å². The molecule has 5 heteroatoms. The van der Waals surface area contributed by atoms with Crippen LogP contribution in [0.25, 0.3) is 0 Å². The lowest BCUT2D eigenvalue weighted by Gasteiger charge is -2.14. The fraction of sp³-hybridized carbons (Fsp3) is 0.571. The largest absolute Gasteiger partial charge is 0.493 e. The molecular formula is C14H20BrNO3. The predicted octanol–water partition coefficient (Wildman–Crippen LogP) is 3.43. The van der Waals surface area contributed by atoms with Crippen molar-refractivity contribution in [3.63, 3.8) is 0 Å². The van der Waals surface area contributed by atoms with Crippen LogP contribution in [0, 0.1) is 0 Å². The summed E-state index contributed by atoms with van der Waals surface area (Å²) in [4.78, 5) is 5.64. The van der Waals surface area contributed by atoms with Gasteiger partial charge < -0.3 is 9.47 Å². The number of rotatable bonds is 6. The molecule has 1 aromatic carbocycles. The Morgan fingerprint density at radius 2 is 1.95 bits per heavy atom. The molecule has 0 heterocycles. The molecular weight excluding hydrogens is 310 g/mol. The van der Waals surface area contributed by atoms with E-state index >= 15 is 0 Å². The SMILES string of the molecule is COc1cc(CNOC2CCCC2)cc(Br)c1OC. The second-order valence-corrected chi connectivity index (χ2v) is 5.51. The van der Waals surface area contributed by atoms with Gasteiger partial charge in [-0.3, -0.25) is 4.84 Å². The van der Waals surface area contributed by atoms with Crippen LogP contribution in [0.5, 0.6) is 11.5 Å². The topological polar surface area (TPSA) is 39.7 Å². The molecule has 0 radical (unpaired) electrons. The highest BCUT2D eigenvalue weighted by Gasteiger charge is 2.16. The van der Waals surface area contributed by atoms with Gasteiger partial charge in [-0.25, -0.2) is 0 Å². The van der Waals surface area contributed by atoms with E-state index in [0.717, 1.165) is 28.6 Å². The lowest BCUT2D eigenvalue weighted by Crippen LogP contribution is -2.21. The Morgan fingerprint density at radius 3 is 2.58 bits per heavy atom. The van der Waals surface area contributed by atoms with E-state index in [0.29, 0.717) is 18.4 Å². The maximum atomic E-state index is 5.64. The molecule has 0 atom stereocenters. The molecule has 0 saturated heterocycles. The molecule has 1 aliphatic rings. The molecule has 0 amide bonds. The molecule has 0 bridgehead atoms. The third kappa shape index (κ3) is 3.84. The Balaban J connectivity index is 1.94. The zero-order valence-electron chi connectivity index (χ0n) is 11.4. The number of hydrogen-bond donors (Lipinski definition) is 1. The predicted molar refractivity (Wildman–Crippen MR) is 77.4 cm³/mol. The van der Waals surface area contributed by atoms with Crippen molar-refractivity contribution in [2.24, 2.45) is 0 Å². The third-order valence-corrected chi connectivity index (χ3v) is 3.91. The molecule has 1 aromatic rings. The van der Waals surface area contributed by atoms with E-state index in [1.807, 2.05) is 12.1 Å². The van der Waals surface area contributed by atoms with Crippen molar-refractivity contribution in [2.45, 2.75) is 38.3 Å². The number of methoxy groups -OCH3 is 2. The fourth-order valence-corrected chi connectivity index (χ4v) is 2.97. The van der Waals surface area contributed by atoms with Gasteiger partial charge in [0.1, 0.15) is 0 Å². The Hall–Kier alpha value is -0.780. The lowest BCUT2D eigenvalue weighted by molar-refractivity contribution is -0.0244. The molecule has 4 nitrogen and oxygen atoms in total. The van der Waals surface area contributed by atoms with Gasteiger partial charge in [0.15, 0.2) is 11.5 Å². The first-order chi connectivity index (χ1) is 9.24. The minimum atomic E-state index is 0.364. The maximum Gasteiger partial charge on any atom is 0.174 e. The average Bonchev–Trinajstić information content (AvgIpc) is 2.91. The molecule has 2 rings (SSSR count). The van der Waals surface area contributed by atoms with Crippen LogP contribution in [0.1, 0.15) is 31.2 Å². The van der Waals surface area contributed by atoms with E-state index in [2.05, 4.69) is 21.4 Å².